The van der Waals surface area contributed by atoms with E-state index in [1.807, 2.05) is 17.9 Å². The SMILES string of the molecule is CC(C)CN(CC(=O)O)C(C)c1ccc(Cl)cc1Cl. The van der Waals surface area contributed by atoms with Crippen LogP contribution in [0, 0.1) is 5.92 Å². The largest absolute Gasteiger partial charge is 0.480 e. The van der Waals surface area contributed by atoms with E-state index in [1.54, 1.807) is 12.1 Å². The van der Waals surface area contributed by atoms with Gasteiger partial charge in [-0.25, -0.2) is 0 Å². The second-order valence-electron chi connectivity index (χ2n) is 5.06. The van der Waals surface area contributed by atoms with Crippen molar-refractivity contribution < 1.29 is 9.90 Å². The Morgan fingerprint density at radius 3 is 2.42 bits per heavy atom. The fourth-order valence-corrected chi connectivity index (χ4v) is 2.61. The molecule has 0 aromatic heterocycles. The van der Waals surface area contributed by atoms with Crippen molar-refractivity contribution in [2.45, 2.75) is 26.8 Å². The lowest BCUT2D eigenvalue weighted by molar-refractivity contribution is -0.139. The lowest BCUT2D eigenvalue weighted by Crippen LogP contribution is -2.35. The third-order valence-electron chi connectivity index (χ3n) is 2.90. The van der Waals surface area contributed by atoms with Gasteiger partial charge in [0.1, 0.15) is 0 Å². The summed E-state index contributed by atoms with van der Waals surface area (Å²) in [6, 6.07) is 5.24. The van der Waals surface area contributed by atoms with Crippen molar-refractivity contribution in [1.29, 1.82) is 0 Å². The Hall–Kier alpha value is -0.770. The van der Waals surface area contributed by atoms with Gasteiger partial charge in [-0.3, -0.25) is 9.69 Å². The minimum absolute atomic E-state index is 0.00168. The molecule has 1 aromatic carbocycles. The molecule has 3 nitrogen and oxygen atoms in total. The van der Waals surface area contributed by atoms with Crippen LogP contribution in [0.1, 0.15) is 32.4 Å². The van der Waals surface area contributed by atoms with Crippen molar-refractivity contribution in [3.05, 3.63) is 33.8 Å². The first-order chi connectivity index (χ1) is 8.81. The molecule has 0 radical (unpaired) electrons. The highest BCUT2D eigenvalue weighted by molar-refractivity contribution is 6.35. The molecule has 1 atom stereocenters. The average molecular weight is 304 g/mol. The monoisotopic (exact) mass is 303 g/mol. The van der Waals surface area contributed by atoms with Crippen molar-refractivity contribution in [3.8, 4) is 0 Å². The number of hydrogen-bond donors (Lipinski definition) is 1. The number of rotatable bonds is 6. The van der Waals surface area contributed by atoms with Crippen LogP contribution in [0.15, 0.2) is 18.2 Å². The summed E-state index contributed by atoms with van der Waals surface area (Å²) in [5, 5.41) is 10.2. The van der Waals surface area contributed by atoms with Crippen LogP contribution in [-0.2, 0) is 4.79 Å². The van der Waals surface area contributed by atoms with Gasteiger partial charge in [-0.05, 0) is 30.5 Å². The first kappa shape index (κ1) is 16.3. The number of halogens is 2. The van der Waals surface area contributed by atoms with Gasteiger partial charge >= 0.3 is 5.97 Å². The summed E-state index contributed by atoms with van der Waals surface area (Å²) in [6.45, 7) is 6.78. The van der Waals surface area contributed by atoms with Crippen LogP contribution in [0.3, 0.4) is 0 Å². The highest BCUT2D eigenvalue weighted by atomic mass is 35.5. The number of aliphatic carboxylic acids is 1. The second-order valence-corrected chi connectivity index (χ2v) is 5.90. The zero-order valence-corrected chi connectivity index (χ0v) is 12.9. The van der Waals surface area contributed by atoms with Gasteiger partial charge in [-0.1, -0.05) is 43.1 Å². The van der Waals surface area contributed by atoms with Gasteiger partial charge in [0.2, 0.25) is 0 Å². The predicted molar refractivity (Wildman–Crippen MR) is 78.9 cm³/mol. The standard InChI is InChI=1S/C14H19Cl2NO2/c1-9(2)7-17(8-14(18)19)10(3)12-5-4-11(15)6-13(12)16/h4-6,9-10H,7-8H2,1-3H3,(H,18,19). The highest BCUT2D eigenvalue weighted by Crippen LogP contribution is 2.30. The number of carboxylic acid groups (broad SMARTS) is 1. The summed E-state index contributed by atoms with van der Waals surface area (Å²) in [6.07, 6.45) is 0. The molecule has 19 heavy (non-hydrogen) atoms. The minimum Gasteiger partial charge on any atom is -0.480 e. The van der Waals surface area contributed by atoms with Gasteiger partial charge in [-0.2, -0.15) is 0 Å². The van der Waals surface area contributed by atoms with Crippen LogP contribution in [0.25, 0.3) is 0 Å². The third kappa shape index (κ3) is 5.01. The first-order valence-corrected chi connectivity index (χ1v) is 6.97. The summed E-state index contributed by atoms with van der Waals surface area (Å²) in [5.41, 5.74) is 0.896. The molecular weight excluding hydrogens is 285 g/mol. The van der Waals surface area contributed by atoms with Gasteiger partial charge in [0.15, 0.2) is 0 Å². The fraction of sp³-hybridized carbons (Fsp3) is 0.500. The molecule has 0 aliphatic rings. The molecule has 1 unspecified atom stereocenters. The molecule has 0 heterocycles. The smallest absolute Gasteiger partial charge is 0.317 e. The van der Waals surface area contributed by atoms with Crippen molar-refractivity contribution in [2.75, 3.05) is 13.1 Å². The lowest BCUT2D eigenvalue weighted by atomic mass is 10.1. The molecular formula is C14H19Cl2NO2. The van der Waals surface area contributed by atoms with Crippen LogP contribution in [-0.4, -0.2) is 29.1 Å². The van der Waals surface area contributed by atoms with Crippen LogP contribution in [0.4, 0.5) is 0 Å². The summed E-state index contributed by atoms with van der Waals surface area (Å²) >= 11 is 12.1. The molecule has 0 saturated carbocycles. The van der Waals surface area contributed by atoms with E-state index in [0.717, 1.165) is 5.56 Å². The maximum Gasteiger partial charge on any atom is 0.317 e. The van der Waals surface area contributed by atoms with Gasteiger partial charge in [0.25, 0.3) is 0 Å². The normalized spacial score (nSPS) is 13.0. The van der Waals surface area contributed by atoms with E-state index < -0.39 is 5.97 Å². The number of hydrogen-bond acceptors (Lipinski definition) is 2. The minimum atomic E-state index is -0.836. The molecule has 1 aromatic rings. The van der Waals surface area contributed by atoms with Crippen molar-refractivity contribution >= 4 is 29.2 Å². The first-order valence-electron chi connectivity index (χ1n) is 6.22. The highest BCUT2D eigenvalue weighted by Gasteiger charge is 2.21. The Morgan fingerprint density at radius 2 is 1.95 bits per heavy atom. The zero-order chi connectivity index (χ0) is 14.6. The van der Waals surface area contributed by atoms with E-state index in [2.05, 4.69) is 13.8 Å². The molecule has 0 saturated heterocycles. The van der Waals surface area contributed by atoms with E-state index in [-0.39, 0.29) is 12.6 Å². The van der Waals surface area contributed by atoms with E-state index in [1.165, 1.54) is 0 Å². The number of nitrogens with zero attached hydrogens (tertiary/aromatic N) is 1. The molecule has 0 aliphatic carbocycles. The molecule has 5 heteroatoms. The molecule has 0 amide bonds. The van der Waals surface area contributed by atoms with Crippen LogP contribution in [0.5, 0.6) is 0 Å². The zero-order valence-electron chi connectivity index (χ0n) is 11.4. The predicted octanol–water partition coefficient (Wildman–Crippen LogP) is 4.10. The Balaban J connectivity index is 2.96. The molecule has 106 valence electrons. The van der Waals surface area contributed by atoms with Crippen molar-refractivity contribution in [3.63, 3.8) is 0 Å². The molecule has 0 bridgehead atoms. The number of carboxylic acids is 1. The van der Waals surface area contributed by atoms with Crippen LogP contribution in [0.2, 0.25) is 10.0 Å². The summed E-state index contributed by atoms with van der Waals surface area (Å²) in [7, 11) is 0. The number of benzene rings is 1. The van der Waals surface area contributed by atoms with Gasteiger partial charge in [-0.15, -0.1) is 0 Å². The lowest BCUT2D eigenvalue weighted by Gasteiger charge is -2.30. The van der Waals surface area contributed by atoms with E-state index in [4.69, 9.17) is 28.3 Å². The van der Waals surface area contributed by atoms with E-state index in [0.29, 0.717) is 22.5 Å². The Labute approximate surface area is 124 Å². The average Bonchev–Trinajstić information content (AvgIpc) is 2.26. The third-order valence-corrected chi connectivity index (χ3v) is 3.46. The van der Waals surface area contributed by atoms with E-state index >= 15 is 0 Å². The molecule has 1 N–H and O–H groups in total. The summed E-state index contributed by atoms with van der Waals surface area (Å²) in [4.78, 5) is 12.9. The molecule has 1 rings (SSSR count). The van der Waals surface area contributed by atoms with Gasteiger partial charge < -0.3 is 5.11 Å². The van der Waals surface area contributed by atoms with E-state index in [9.17, 15) is 4.79 Å². The summed E-state index contributed by atoms with van der Waals surface area (Å²) < 4.78 is 0. The van der Waals surface area contributed by atoms with Crippen LogP contribution < -0.4 is 0 Å². The topological polar surface area (TPSA) is 40.5 Å². The van der Waals surface area contributed by atoms with Crippen molar-refractivity contribution in [1.82, 2.24) is 4.90 Å². The maximum absolute atomic E-state index is 11.0. The van der Waals surface area contributed by atoms with Gasteiger partial charge in [0, 0.05) is 22.6 Å². The Morgan fingerprint density at radius 1 is 1.32 bits per heavy atom. The quantitative estimate of drug-likeness (QED) is 0.860. The molecule has 0 fully saturated rings. The van der Waals surface area contributed by atoms with Crippen molar-refractivity contribution in [2.24, 2.45) is 5.92 Å². The maximum atomic E-state index is 11.0. The van der Waals surface area contributed by atoms with Gasteiger partial charge in [0.05, 0.1) is 6.54 Å². The Kier molecular flexibility index (Phi) is 6.11. The second kappa shape index (κ2) is 7.13. The molecule has 0 aliphatic heterocycles. The Bertz CT molecular complexity index is 449. The fourth-order valence-electron chi connectivity index (χ4n) is 2.04. The van der Waals surface area contributed by atoms with Crippen LogP contribution >= 0.6 is 23.2 Å². The number of carbonyl (C=O) groups is 1. The molecule has 0 spiro atoms. The summed E-state index contributed by atoms with van der Waals surface area (Å²) in [5.74, 6) is -0.453.